The fourth-order valence-electron chi connectivity index (χ4n) is 0.750. The molecule has 10 heavy (non-hydrogen) atoms. The molecule has 0 radical (unpaired) electrons. The number of aliphatic hydroxyl groups excluding tert-OH is 1. The van der Waals surface area contributed by atoms with Crippen LogP contribution in [0.3, 0.4) is 0 Å². The van der Waals surface area contributed by atoms with Crippen molar-refractivity contribution in [3.63, 3.8) is 0 Å². The molecule has 0 spiro atoms. The predicted octanol–water partition coefficient (Wildman–Crippen LogP) is 1.59. The second-order valence-electron chi connectivity index (χ2n) is 2.14. The first-order chi connectivity index (χ1) is 4.86. The Hall–Kier alpha value is -0.410. The lowest BCUT2D eigenvalue weighted by Crippen LogP contribution is -1.84. The summed E-state index contributed by atoms with van der Waals surface area (Å²) >= 11 is 1.63. The quantitative estimate of drug-likeness (QED) is 0.722. The Bertz CT molecular complexity index is 197. The Morgan fingerprint density at radius 3 is 3.00 bits per heavy atom. The van der Waals surface area contributed by atoms with E-state index in [1.807, 2.05) is 5.38 Å². The van der Waals surface area contributed by atoms with Gasteiger partial charge < -0.3 is 5.11 Å². The Balaban J connectivity index is 2.59. The second kappa shape index (κ2) is 3.68. The summed E-state index contributed by atoms with van der Waals surface area (Å²) in [6, 6.07) is 0. The summed E-state index contributed by atoms with van der Waals surface area (Å²) in [5.74, 6) is 0. The minimum absolute atomic E-state index is 0.0697. The van der Waals surface area contributed by atoms with E-state index in [0.717, 1.165) is 23.5 Å². The highest BCUT2D eigenvalue weighted by atomic mass is 32.1. The van der Waals surface area contributed by atoms with E-state index in [2.05, 4.69) is 11.9 Å². The lowest BCUT2D eigenvalue weighted by molar-refractivity contribution is 0.277. The van der Waals surface area contributed by atoms with Crippen molar-refractivity contribution in [1.29, 1.82) is 0 Å². The van der Waals surface area contributed by atoms with Gasteiger partial charge in [-0.1, -0.05) is 6.92 Å². The molecule has 1 aromatic heterocycles. The molecule has 0 saturated heterocycles. The molecule has 56 valence electrons. The summed E-state index contributed by atoms with van der Waals surface area (Å²) in [7, 11) is 0. The van der Waals surface area contributed by atoms with Gasteiger partial charge >= 0.3 is 0 Å². The average Bonchev–Trinajstić information content (AvgIpc) is 2.37. The first-order valence-electron chi connectivity index (χ1n) is 3.41. The maximum Gasteiger partial charge on any atom is 0.0929 e. The standard InChI is InChI=1S/C7H11NOS/c1-2-3-7-8-6(4-9)5-10-7/h5,9H,2-4H2,1H3. The fourth-order valence-corrected chi connectivity index (χ4v) is 1.64. The minimum Gasteiger partial charge on any atom is -0.390 e. The normalized spacial score (nSPS) is 10.2. The molecule has 0 amide bonds. The first-order valence-corrected chi connectivity index (χ1v) is 4.29. The van der Waals surface area contributed by atoms with Gasteiger partial charge in [-0.2, -0.15) is 0 Å². The summed E-state index contributed by atoms with van der Waals surface area (Å²) in [5, 5.41) is 11.7. The molecule has 1 heterocycles. The van der Waals surface area contributed by atoms with E-state index in [1.54, 1.807) is 11.3 Å². The van der Waals surface area contributed by atoms with Crippen LogP contribution in [0.4, 0.5) is 0 Å². The van der Waals surface area contributed by atoms with Crippen LogP contribution in [0.2, 0.25) is 0 Å². The lowest BCUT2D eigenvalue weighted by Gasteiger charge is -1.87. The average molecular weight is 157 g/mol. The summed E-state index contributed by atoms with van der Waals surface area (Å²) < 4.78 is 0. The summed E-state index contributed by atoms with van der Waals surface area (Å²) in [6.45, 7) is 2.19. The number of hydrogen-bond acceptors (Lipinski definition) is 3. The molecule has 0 atom stereocenters. The van der Waals surface area contributed by atoms with Crippen LogP contribution in [0.5, 0.6) is 0 Å². The SMILES string of the molecule is CCCc1nc(CO)cs1. The molecule has 0 saturated carbocycles. The molecule has 0 fully saturated rings. The van der Waals surface area contributed by atoms with Gasteiger partial charge in [-0.05, 0) is 12.8 Å². The van der Waals surface area contributed by atoms with Gasteiger partial charge in [-0.3, -0.25) is 0 Å². The zero-order valence-corrected chi connectivity index (χ0v) is 6.82. The van der Waals surface area contributed by atoms with Crippen molar-refractivity contribution in [2.75, 3.05) is 0 Å². The van der Waals surface area contributed by atoms with Gasteiger partial charge in [0.15, 0.2) is 0 Å². The number of rotatable bonds is 3. The summed E-state index contributed by atoms with van der Waals surface area (Å²) in [5.41, 5.74) is 0.799. The zero-order chi connectivity index (χ0) is 7.40. The third kappa shape index (κ3) is 1.78. The Morgan fingerprint density at radius 1 is 1.70 bits per heavy atom. The van der Waals surface area contributed by atoms with Crippen molar-refractivity contribution in [3.8, 4) is 0 Å². The molecule has 1 N–H and O–H groups in total. The van der Waals surface area contributed by atoms with Crippen molar-refractivity contribution in [3.05, 3.63) is 16.1 Å². The van der Waals surface area contributed by atoms with Crippen LogP contribution < -0.4 is 0 Å². The highest BCUT2D eigenvalue weighted by Gasteiger charge is 1.97. The van der Waals surface area contributed by atoms with E-state index >= 15 is 0 Å². The molecule has 0 aliphatic heterocycles. The largest absolute Gasteiger partial charge is 0.390 e. The van der Waals surface area contributed by atoms with Crippen LogP contribution in [0, 0.1) is 0 Å². The molecule has 3 heteroatoms. The topological polar surface area (TPSA) is 33.1 Å². The van der Waals surface area contributed by atoms with Crippen molar-refractivity contribution in [1.82, 2.24) is 4.98 Å². The molecule has 0 aliphatic carbocycles. The molecular formula is C7H11NOS. The molecular weight excluding hydrogens is 146 g/mol. The fraction of sp³-hybridized carbons (Fsp3) is 0.571. The van der Waals surface area contributed by atoms with Crippen LogP contribution in [-0.2, 0) is 13.0 Å². The van der Waals surface area contributed by atoms with E-state index in [-0.39, 0.29) is 6.61 Å². The van der Waals surface area contributed by atoms with Gasteiger partial charge in [-0.15, -0.1) is 11.3 Å². The van der Waals surface area contributed by atoms with Crippen LogP contribution in [-0.4, -0.2) is 10.1 Å². The molecule has 0 unspecified atom stereocenters. The van der Waals surface area contributed by atoms with Crippen LogP contribution in [0.1, 0.15) is 24.0 Å². The number of hydrogen-bond donors (Lipinski definition) is 1. The number of aryl methyl sites for hydroxylation is 1. The third-order valence-electron chi connectivity index (χ3n) is 1.23. The number of nitrogens with zero attached hydrogens (tertiary/aromatic N) is 1. The maximum atomic E-state index is 8.66. The maximum absolute atomic E-state index is 8.66. The van der Waals surface area contributed by atoms with Crippen molar-refractivity contribution in [2.24, 2.45) is 0 Å². The van der Waals surface area contributed by atoms with Gasteiger partial charge in [0.05, 0.1) is 17.3 Å². The van der Waals surface area contributed by atoms with E-state index in [9.17, 15) is 0 Å². The molecule has 0 aromatic carbocycles. The Kier molecular flexibility index (Phi) is 2.83. The summed E-state index contributed by atoms with van der Waals surface area (Å²) in [4.78, 5) is 4.19. The highest BCUT2D eigenvalue weighted by Crippen LogP contribution is 2.10. The molecule has 2 nitrogen and oxygen atoms in total. The van der Waals surface area contributed by atoms with Crippen molar-refractivity contribution in [2.45, 2.75) is 26.4 Å². The summed E-state index contributed by atoms with van der Waals surface area (Å²) in [6.07, 6.45) is 2.16. The Morgan fingerprint density at radius 2 is 2.50 bits per heavy atom. The van der Waals surface area contributed by atoms with Gasteiger partial charge in [0, 0.05) is 5.38 Å². The minimum atomic E-state index is 0.0697. The van der Waals surface area contributed by atoms with Gasteiger partial charge in [0.2, 0.25) is 0 Å². The van der Waals surface area contributed by atoms with Crippen LogP contribution in [0.25, 0.3) is 0 Å². The van der Waals surface area contributed by atoms with Crippen molar-refractivity contribution >= 4 is 11.3 Å². The van der Waals surface area contributed by atoms with Gasteiger partial charge in [-0.25, -0.2) is 4.98 Å². The lowest BCUT2D eigenvalue weighted by atomic mass is 10.3. The van der Waals surface area contributed by atoms with Crippen LogP contribution in [0.15, 0.2) is 5.38 Å². The smallest absolute Gasteiger partial charge is 0.0929 e. The second-order valence-corrected chi connectivity index (χ2v) is 3.08. The first kappa shape index (κ1) is 7.69. The monoisotopic (exact) mass is 157 g/mol. The Labute approximate surface area is 64.5 Å². The number of aromatic nitrogens is 1. The highest BCUT2D eigenvalue weighted by molar-refractivity contribution is 7.09. The van der Waals surface area contributed by atoms with Crippen molar-refractivity contribution < 1.29 is 5.11 Å². The molecule has 0 aliphatic rings. The third-order valence-corrected chi connectivity index (χ3v) is 2.18. The number of thiazole rings is 1. The van der Waals surface area contributed by atoms with Gasteiger partial charge in [0.25, 0.3) is 0 Å². The van der Waals surface area contributed by atoms with Crippen LogP contribution >= 0.6 is 11.3 Å². The van der Waals surface area contributed by atoms with Gasteiger partial charge in [0.1, 0.15) is 0 Å². The zero-order valence-electron chi connectivity index (χ0n) is 6.00. The molecule has 1 rings (SSSR count). The van der Waals surface area contributed by atoms with E-state index in [0.29, 0.717) is 0 Å². The predicted molar refractivity (Wildman–Crippen MR) is 42.0 cm³/mol. The molecule has 1 aromatic rings. The van der Waals surface area contributed by atoms with E-state index in [4.69, 9.17) is 5.11 Å². The number of aliphatic hydroxyl groups is 1. The van der Waals surface area contributed by atoms with E-state index < -0.39 is 0 Å². The molecule has 0 bridgehead atoms. The van der Waals surface area contributed by atoms with E-state index in [1.165, 1.54) is 0 Å².